The number of para-hydroxylation sites is 2. The minimum atomic E-state index is -0.597. The van der Waals surface area contributed by atoms with Gasteiger partial charge in [0.05, 0.1) is 0 Å². The zero-order valence-electron chi connectivity index (χ0n) is 10.4. The molecule has 0 spiro atoms. The first-order chi connectivity index (χ1) is 8.70. The van der Waals surface area contributed by atoms with E-state index in [2.05, 4.69) is 5.32 Å². The van der Waals surface area contributed by atoms with Crippen LogP contribution in [0.15, 0.2) is 24.3 Å². The van der Waals surface area contributed by atoms with Crippen molar-refractivity contribution in [2.75, 3.05) is 13.2 Å². The van der Waals surface area contributed by atoms with E-state index in [0.29, 0.717) is 18.0 Å². The van der Waals surface area contributed by atoms with Gasteiger partial charge in [0.15, 0.2) is 11.5 Å². The van der Waals surface area contributed by atoms with Gasteiger partial charge in [-0.15, -0.1) is 0 Å². The summed E-state index contributed by atoms with van der Waals surface area (Å²) in [5, 5.41) is 2.86. The molecule has 3 N–H and O–H groups in total. The monoisotopic (exact) mass is 250 g/mol. The maximum Gasteiger partial charge on any atom is 0.264 e. The number of carbonyl (C=O) groups excluding carboxylic acids is 1. The molecule has 1 heterocycles. The minimum absolute atomic E-state index is 0.0447. The normalized spacial score (nSPS) is 19.1. The van der Waals surface area contributed by atoms with E-state index in [-0.39, 0.29) is 18.6 Å². The maximum absolute atomic E-state index is 11.9. The van der Waals surface area contributed by atoms with E-state index in [1.54, 1.807) is 6.07 Å². The standard InChI is InChI=1S/C13H18N2O3/c1-9(6-7-14)15-13(16)12-8-17-10-4-2-3-5-11(10)18-12/h2-5,9,12H,6-8,14H2,1H3,(H,15,16). The number of rotatable bonds is 4. The molecule has 0 saturated carbocycles. The van der Waals surface area contributed by atoms with E-state index >= 15 is 0 Å². The van der Waals surface area contributed by atoms with Gasteiger partial charge in [-0.2, -0.15) is 0 Å². The lowest BCUT2D eigenvalue weighted by atomic mass is 10.2. The zero-order chi connectivity index (χ0) is 13.0. The summed E-state index contributed by atoms with van der Waals surface area (Å²) in [5.74, 6) is 1.12. The van der Waals surface area contributed by atoms with Crippen LogP contribution in [0, 0.1) is 0 Å². The lowest BCUT2D eigenvalue weighted by molar-refractivity contribution is -0.131. The van der Waals surface area contributed by atoms with Crippen LogP contribution in [0.3, 0.4) is 0 Å². The van der Waals surface area contributed by atoms with Crippen LogP contribution in [0.25, 0.3) is 0 Å². The van der Waals surface area contributed by atoms with Gasteiger partial charge in [0, 0.05) is 6.04 Å². The highest BCUT2D eigenvalue weighted by Crippen LogP contribution is 2.30. The zero-order valence-corrected chi connectivity index (χ0v) is 10.4. The molecule has 5 heteroatoms. The van der Waals surface area contributed by atoms with Gasteiger partial charge in [0.2, 0.25) is 6.10 Å². The van der Waals surface area contributed by atoms with Crippen molar-refractivity contribution in [2.45, 2.75) is 25.5 Å². The second-order valence-corrected chi connectivity index (χ2v) is 4.35. The van der Waals surface area contributed by atoms with Crippen molar-refractivity contribution in [3.8, 4) is 11.5 Å². The van der Waals surface area contributed by atoms with Gasteiger partial charge in [0.1, 0.15) is 6.61 Å². The first-order valence-corrected chi connectivity index (χ1v) is 6.09. The molecule has 98 valence electrons. The van der Waals surface area contributed by atoms with Gasteiger partial charge in [0.25, 0.3) is 5.91 Å². The van der Waals surface area contributed by atoms with Crippen LogP contribution in [0.2, 0.25) is 0 Å². The summed E-state index contributed by atoms with van der Waals surface area (Å²) in [6, 6.07) is 7.37. The summed E-state index contributed by atoms with van der Waals surface area (Å²) in [6.07, 6.45) is 0.149. The quantitative estimate of drug-likeness (QED) is 0.824. The summed E-state index contributed by atoms with van der Waals surface area (Å²) in [7, 11) is 0. The number of benzene rings is 1. The number of fused-ring (bicyclic) bond motifs is 1. The molecular formula is C13H18N2O3. The van der Waals surface area contributed by atoms with Crippen molar-refractivity contribution in [1.82, 2.24) is 5.32 Å². The largest absolute Gasteiger partial charge is 0.485 e. The van der Waals surface area contributed by atoms with Crippen LogP contribution in [0.1, 0.15) is 13.3 Å². The maximum atomic E-state index is 11.9. The Morgan fingerprint density at radius 1 is 1.50 bits per heavy atom. The third kappa shape index (κ3) is 2.92. The molecule has 1 aromatic carbocycles. The predicted octanol–water partition coefficient (Wildman–Crippen LogP) is 0.680. The Balaban J connectivity index is 1.94. The molecule has 0 radical (unpaired) electrons. The summed E-state index contributed by atoms with van der Waals surface area (Å²) < 4.78 is 11.1. The first-order valence-electron chi connectivity index (χ1n) is 6.09. The second-order valence-electron chi connectivity index (χ2n) is 4.35. The molecule has 0 fully saturated rings. The van der Waals surface area contributed by atoms with Crippen LogP contribution >= 0.6 is 0 Å². The fraction of sp³-hybridized carbons (Fsp3) is 0.462. The van der Waals surface area contributed by atoms with Gasteiger partial charge >= 0.3 is 0 Å². The molecule has 0 saturated heterocycles. The number of carbonyl (C=O) groups is 1. The average Bonchev–Trinajstić information content (AvgIpc) is 2.38. The minimum Gasteiger partial charge on any atom is -0.485 e. The number of hydrogen-bond acceptors (Lipinski definition) is 4. The van der Waals surface area contributed by atoms with E-state index in [0.717, 1.165) is 6.42 Å². The van der Waals surface area contributed by atoms with E-state index in [9.17, 15) is 4.79 Å². The van der Waals surface area contributed by atoms with Gasteiger partial charge in [-0.25, -0.2) is 0 Å². The third-order valence-corrected chi connectivity index (χ3v) is 2.79. The number of nitrogens with one attached hydrogen (secondary N) is 1. The van der Waals surface area contributed by atoms with E-state index in [4.69, 9.17) is 15.2 Å². The molecular weight excluding hydrogens is 232 g/mol. The molecule has 2 atom stereocenters. The highest BCUT2D eigenvalue weighted by molar-refractivity contribution is 5.82. The van der Waals surface area contributed by atoms with Crippen LogP contribution in [-0.2, 0) is 4.79 Å². The number of ether oxygens (including phenoxy) is 2. The molecule has 1 aliphatic heterocycles. The summed E-state index contributed by atoms with van der Waals surface area (Å²) >= 11 is 0. The fourth-order valence-electron chi connectivity index (χ4n) is 1.81. The lowest BCUT2D eigenvalue weighted by Gasteiger charge is -2.26. The third-order valence-electron chi connectivity index (χ3n) is 2.79. The van der Waals surface area contributed by atoms with E-state index in [1.165, 1.54) is 0 Å². The molecule has 0 aromatic heterocycles. The van der Waals surface area contributed by atoms with Crippen LogP contribution in [0.4, 0.5) is 0 Å². The molecule has 18 heavy (non-hydrogen) atoms. The van der Waals surface area contributed by atoms with E-state index < -0.39 is 6.10 Å². The molecule has 2 rings (SSSR count). The Morgan fingerprint density at radius 3 is 2.94 bits per heavy atom. The highest BCUT2D eigenvalue weighted by Gasteiger charge is 2.27. The van der Waals surface area contributed by atoms with Crippen LogP contribution in [0.5, 0.6) is 11.5 Å². The average molecular weight is 250 g/mol. The Bertz CT molecular complexity index is 422. The Morgan fingerprint density at radius 2 is 2.22 bits per heavy atom. The molecule has 1 amide bonds. The molecule has 1 aliphatic rings. The summed E-state index contributed by atoms with van der Waals surface area (Å²) in [4.78, 5) is 11.9. The fourth-order valence-corrected chi connectivity index (χ4v) is 1.81. The van der Waals surface area contributed by atoms with Crippen molar-refractivity contribution in [2.24, 2.45) is 5.73 Å². The summed E-state index contributed by atoms with van der Waals surface area (Å²) in [6.45, 7) is 2.70. The molecule has 0 bridgehead atoms. The van der Waals surface area contributed by atoms with Crippen molar-refractivity contribution in [3.05, 3.63) is 24.3 Å². The number of nitrogens with two attached hydrogens (primary N) is 1. The Hall–Kier alpha value is -1.75. The van der Waals surface area contributed by atoms with Crippen LogP contribution in [-0.4, -0.2) is 31.2 Å². The topological polar surface area (TPSA) is 73.6 Å². The van der Waals surface area contributed by atoms with Gasteiger partial charge in [-0.1, -0.05) is 12.1 Å². The van der Waals surface area contributed by atoms with Gasteiger partial charge in [-0.3, -0.25) is 4.79 Å². The molecule has 0 aliphatic carbocycles. The van der Waals surface area contributed by atoms with Crippen molar-refractivity contribution in [1.29, 1.82) is 0 Å². The lowest BCUT2D eigenvalue weighted by Crippen LogP contribution is -2.47. The molecule has 5 nitrogen and oxygen atoms in total. The SMILES string of the molecule is CC(CCN)NC(=O)C1COc2ccccc2O1. The Labute approximate surface area is 106 Å². The van der Waals surface area contributed by atoms with Crippen molar-refractivity contribution >= 4 is 5.91 Å². The van der Waals surface area contributed by atoms with Crippen molar-refractivity contribution < 1.29 is 14.3 Å². The molecule has 2 unspecified atom stereocenters. The predicted molar refractivity (Wildman–Crippen MR) is 67.6 cm³/mol. The molecule has 1 aromatic rings. The Kier molecular flexibility index (Phi) is 4.04. The smallest absolute Gasteiger partial charge is 0.264 e. The van der Waals surface area contributed by atoms with Gasteiger partial charge in [-0.05, 0) is 32.0 Å². The summed E-state index contributed by atoms with van der Waals surface area (Å²) in [5.41, 5.74) is 5.44. The number of hydrogen-bond donors (Lipinski definition) is 2. The second kappa shape index (κ2) is 5.73. The van der Waals surface area contributed by atoms with Crippen molar-refractivity contribution in [3.63, 3.8) is 0 Å². The first kappa shape index (κ1) is 12.7. The van der Waals surface area contributed by atoms with Crippen LogP contribution < -0.4 is 20.5 Å². The number of amides is 1. The van der Waals surface area contributed by atoms with Gasteiger partial charge < -0.3 is 20.5 Å². The van der Waals surface area contributed by atoms with E-state index in [1.807, 2.05) is 25.1 Å². The highest BCUT2D eigenvalue weighted by atomic mass is 16.6.